The molecule has 19 heavy (non-hydrogen) atoms. The highest BCUT2D eigenvalue weighted by Crippen LogP contribution is 2.00. The van der Waals surface area contributed by atoms with E-state index < -0.39 is 5.91 Å². The van der Waals surface area contributed by atoms with E-state index in [0.717, 1.165) is 0 Å². The molecule has 1 aromatic heterocycles. The number of aromatic amines is 1. The molecule has 0 saturated carbocycles. The highest BCUT2D eigenvalue weighted by Gasteiger charge is 2.09. The van der Waals surface area contributed by atoms with E-state index in [4.69, 9.17) is 11.0 Å². The molecule has 1 heterocycles. The van der Waals surface area contributed by atoms with E-state index in [1.807, 2.05) is 0 Å². The molecule has 0 saturated heterocycles. The normalized spacial score (nSPS) is 10.8. The van der Waals surface area contributed by atoms with E-state index in [1.165, 1.54) is 6.33 Å². The zero-order valence-corrected chi connectivity index (χ0v) is 10.5. The molecule has 1 amide bonds. The summed E-state index contributed by atoms with van der Waals surface area (Å²) in [4.78, 5) is 21.5. The first-order valence-corrected chi connectivity index (χ1v) is 5.57. The Morgan fingerprint density at radius 2 is 2.42 bits per heavy atom. The Morgan fingerprint density at radius 3 is 3.05 bits per heavy atom. The molecule has 9 heteroatoms. The maximum atomic E-state index is 11.0. The zero-order chi connectivity index (χ0) is 14.1. The lowest BCUT2D eigenvalue weighted by molar-refractivity contribution is 0.0995. The second-order valence-electron chi connectivity index (χ2n) is 3.51. The molecular formula is C10H16N8O. The molecule has 0 spiro atoms. The van der Waals surface area contributed by atoms with Crippen LogP contribution in [0.1, 0.15) is 16.2 Å². The summed E-state index contributed by atoms with van der Waals surface area (Å²) >= 11 is 0. The topological polar surface area (TPSA) is 144 Å². The fourth-order valence-electron chi connectivity index (χ4n) is 1.38. The zero-order valence-electron chi connectivity index (χ0n) is 10.5. The second-order valence-corrected chi connectivity index (χ2v) is 3.51. The largest absolute Gasteiger partial charge is 0.364 e. The van der Waals surface area contributed by atoms with Gasteiger partial charge < -0.3 is 21.4 Å². The first-order valence-electron chi connectivity index (χ1n) is 5.57. The number of aromatic nitrogens is 2. The maximum Gasteiger partial charge on any atom is 0.269 e. The number of amides is 1. The molecule has 0 atom stereocenters. The van der Waals surface area contributed by atoms with Crippen LogP contribution in [0.2, 0.25) is 0 Å². The summed E-state index contributed by atoms with van der Waals surface area (Å²) in [5, 5.41) is 16.8. The van der Waals surface area contributed by atoms with Gasteiger partial charge in [-0.25, -0.2) is 4.98 Å². The van der Waals surface area contributed by atoms with Crippen LogP contribution in [0.3, 0.4) is 0 Å². The van der Waals surface area contributed by atoms with Crippen molar-refractivity contribution in [1.82, 2.24) is 25.9 Å². The fraction of sp³-hybridized carbons (Fsp3) is 0.400. The van der Waals surface area contributed by atoms with Gasteiger partial charge in [0, 0.05) is 26.7 Å². The molecule has 6 N–H and O–H groups in total. The predicted octanol–water partition coefficient (Wildman–Crippen LogP) is -1.76. The number of hydrogen-bond donors (Lipinski definition) is 5. The number of aliphatic imine (C=N–C) groups is 1. The molecule has 0 aromatic carbocycles. The molecule has 0 aliphatic rings. The van der Waals surface area contributed by atoms with E-state index in [1.54, 1.807) is 13.2 Å². The minimum Gasteiger partial charge on any atom is -0.364 e. The summed E-state index contributed by atoms with van der Waals surface area (Å²) < 4.78 is 0. The highest BCUT2D eigenvalue weighted by atomic mass is 16.1. The Labute approximate surface area is 110 Å². The van der Waals surface area contributed by atoms with Crippen LogP contribution in [0.5, 0.6) is 0 Å². The smallest absolute Gasteiger partial charge is 0.269 e. The summed E-state index contributed by atoms with van der Waals surface area (Å²) in [6.07, 6.45) is 3.20. The SMILES string of the molecule is CN=C(NC#N)NCCNCc1[nH]cnc1C(N)=O. The Hall–Kier alpha value is -2.60. The second kappa shape index (κ2) is 7.67. The van der Waals surface area contributed by atoms with Crippen molar-refractivity contribution in [3.63, 3.8) is 0 Å². The number of hydrogen-bond acceptors (Lipinski definition) is 5. The van der Waals surface area contributed by atoms with Crippen molar-refractivity contribution in [2.75, 3.05) is 20.1 Å². The summed E-state index contributed by atoms with van der Waals surface area (Å²) in [5.41, 5.74) is 6.05. The average molecular weight is 264 g/mol. The quantitative estimate of drug-likeness (QED) is 0.135. The lowest BCUT2D eigenvalue weighted by Crippen LogP contribution is -2.38. The standard InChI is InChI=1S/C10H16N8O/c1-13-10(16-5-11)15-3-2-14-4-7-8(9(12)19)18-6-17-7/h6,14H,2-4H2,1H3,(H2,12,19)(H,17,18)(H2,13,15,16). The van der Waals surface area contributed by atoms with Crippen LogP contribution in [0.25, 0.3) is 0 Å². The van der Waals surface area contributed by atoms with Crippen LogP contribution in [-0.2, 0) is 6.54 Å². The number of rotatable bonds is 6. The molecular weight excluding hydrogens is 248 g/mol. The van der Waals surface area contributed by atoms with E-state index in [2.05, 4.69) is 30.9 Å². The number of nitrogens with one attached hydrogen (secondary N) is 4. The molecule has 0 aliphatic heterocycles. The number of H-pyrrole nitrogens is 1. The van der Waals surface area contributed by atoms with Crippen molar-refractivity contribution < 1.29 is 4.79 Å². The summed E-state index contributed by atoms with van der Waals surface area (Å²) in [7, 11) is 1.57. The maximum absolute atomic E-state index is 11.0. The van der Waals surface area contributed by atoms with Gasteiger partial charge in [0.2, 0.25) is 5.96 Å². The van der Waals surface area contributed by atoms with Gasteiger partial charge in [-0.3, -0.25) is 15.1 Å². The first kappa shape index (κ1) is 14.5. The van der Waals surface area contributed by atoms with E-state index in [-0.39, 0.29) is 5.69 Å². The molecule has 1 rings (SSSR count). The van der Waals surface area contributed by atoms with Crippen LogP contribution < -0.4 is 21.7 Å². The van der Waals surface area contributed by atoms with Crippen molar-refractivity contribution >= 4 is 11.9 Å². The van der Waals surface area contributed by atoms with Gasteiger partial charge in [-0.05, 0) is 0 Å². The van der Waals surface area contributed by atoms with Gasteiger partial charge >= 0.3 is 0 Å². The average Bonchev–Trinajstić information content (AvgIpc) is 2.85. The lowest BCUT2D eigenvalue weighted by atomic mass is 10.3. The Bertz CT molecular complexity index is 486. The van der Waals surface area contributed by atoms with Gasteiger partial charge in [-0.15, -0.1) is 0 Å². The third kappa shape index (κ3) is 4.64. The number of guanidine groups is 1. The number of carbonyl (C=O) groups is 1. The van der Waals surface area contributed by atoms with Crippen LogP contribution in [0, 0.1) is 11.5 Å². The molecule has 0 aliphatic carbocycles. The van der Waals surface area contributed by atoms with Crippen molar-refractivity contribution in [2.24, 2.45) is 10.7 Å². The van der Waals surface area contributed by atoms with Gasteiger partial charge in [0.05, 0.1) is 12.0 Å². The minimum absolute atomic E-state index is 0.238. The van der Waals surface area contributed by atoms with Gasteiger partial charge in [0.15, 0.2) is 6.19 Å². The molecule has 9 nitrogen and oxygen atoms in total. The van der Waals surface area contributed by atoms with Gasteiger partial charge in [-0.2, -0.15) is 5.26 Å². The number of carbonyl (C=O) groups excluding carboxylic acids is 1. The van der Waals surface area contributed by atoms with Crippen molar-refractivity contribution in [2.45, 2.75) is 6.54 Å². The molecule has 1 aromatic rings. The highest BCUT2D eigenvalue weighted by molar-refractivity contribution is 5.91. The monoisotopic (exact) mass is 264 g/mol. The van der Waals surface area contributed by atoms with Gasteiger partial charge in [-0.1, -0.05) is 0 Å². The lowest BCUT2D eigenvalue weighted by Gasteiger charge is -2.07. The Morgan fingerprint density at radius 1 is 1.63 bits per heavy atom. The third-order valence-corrected chi connectivity index (χ3v) is 2.25. The van der Waals surface area contributed by atoms with Gasteiger partial charge in [0.25, 0.3) is 5.91 Å². The number of nitriles is 1. The van der Waals surface area contributed by atoms with Crippen LogP contribution in [-0.4, -0.2) is 42.0 Å². The number of nitrogens with zero attached hydrogens (tertiary/aromatic N) is 3. The molecule has 0 radical (unpaired) electrons. The Balaban J connectivity index is 2.26. The van der Waals surface area contributed by atoms with Crippen LogP contribution in [0.4, 0.5) is 0 Å². The number of primary amides is 1. The van der Waals surface area contributed by atoms with Crippen molar-refractivity contribution in [3.8, 4) is 6.19 Å². The Kier molecular flexibility index (Phi) is 5.84. The number of nitrogens with two attached hydrogens (primary N) is 1. The van der Waals surface area contributed by atoms with Crippen molar-refractivity contribution in [3.05, 3.63) is 17.7 Å². The molecule has 0 unspecified atom stereocenters. The first-order chi connectivity index (χ1) is 9.19. The predicted molar refractivity (Wildman–Crippen MR) is 68.9 cm³/mol. The van der Waals surface area contributed by atoms with E-state index >= 15 is 0 Å². The summed E-state index contributed by atoms with van der Waals surface area (Å²) in [5.74, 6) is -0.154. The van der Waals surface area contributed by atoms with Crippen LogP contribution >= 0.6 is 0 Å². The van der Waals surface area contributed by atoms with Gasteiger partial charge in [0.1, 0.15) is 5.69 Å². The number of imidazole rings is 1. The molecule has 0 bridgehead atoms. The summed E-state index contributed by atoms with van der Waals surface area (Å²) in [6, 6.07) is 0. The fourth-order valence-corrected chi connectivity index (χ4v) is 1.38. The molecule has 0 fully saturated rings. The minimum atomic E-state index is -0.560. The summed E-state index contributed by atoms with van der Waals surface area (Å²) in [6.45, 7) is 1.63. The van der Waals surface area contributed by atoms with Crippen molar-refractivity contribution in [1.29, 1.82) is 5.26 Å². The van der Waals surface area contributed by atoms with E-state index in [9.17, 15) is 4.79 Å². The molecule has 102 valence electrons. The third-order valence-electron chi connectivity index (χ3n) is 2.25. The van der Waals surface area contributed by atoms with Crippen LogP contribution in [0.15, 0.2) is 11.3 Å². The van der Waals surface area contributed by atoms with E-state index in [0.29, 0.717) is 31.3 Å².